The van der Waals surface area contributed by atoms with Gasteiger partial charge in [-0.25, -0.2) is 34.3 Å². The zero-order chi connectivity index (χ0) is 97.7. The number of halogens is 3. The molecule has 0 atom stereocenters. The zero-order valence-corrected chi connectivity index (χ0v) is 77.8. The molecule has 5 fully saturated rings. The molecule has 10 aromatic rings. The molecule has 0 saturated heterocycles. The summed E-state index contributed by atoms with van der Waals surface area (Å²) in [6, 6.07) is 25.6. The largest absolute Gasteiger partial charge is 0.508 e. The van der Waals surface area contributed by atoms with Gasteiger partial charge < -0.3 is 91.7 Å². The highest BCUT2D eigenvalue weighted by Gasteiger charge is 2.30. The molecule has 732 valence electrons. The van der Waals surface area contributed by atoms with E-state index in [1.165, 1.54) is 43.1 Å². The summed E-state index contributed by atoms with van der Waals surface area (Å²) >= 11 is 12.1. The second-order valence-electron chi connectivity index (χ2n) is 34.5. The molecule has 0 radical (unpaired) electrons. The molecule has 7 heterocycles. The fourth-order valence-corrected chi connectivity index (χ4v) is 16.5. The van der Waals surface area contributed by atoms with Crippen molar-refractivity contribution in [2.45, 2.75) is 198 Å². The second-order valence-corrected chi connectivity index (χ2v) is 35.2. The highest BCUT2D eigenvalue weighted by atomic mass is 35.5. The third-order valence-corrected chi connectivity index (χ3v) is 25.1. The van der Waals surface area contributed by atoms with Crippen LogP contribution in [0.2, 0.25) is 10.2 Å². The topological polar surface area (TPSA) is 650 Å². The lowest BCUT2D eigenvalue weighted by Gasteiger charge is -2.26. The third-order valence-electron chi connectivity index (χ3n) is 24.4. The first-order valence-corrected chi connectivity index (χ1v) is 46.4. The molecule has 15 rings (SSSR count). The third kappa shape index (κ3) is 33.6. The maximum atomic E-state index is 13.4. The van der Waals surface area contributed by atoms with Crippen LogP contribution in [0.5, 0.6) is 11.5 Å². The van der Waals surface area contributed by atoms with E-state index in [1.807, 2.05) is 43.3 Å². The summed E-state index contributed by atoms with van der Waals surface area (Å²) in [5, 5.41) is 97.7. The van der Waals surface area contributed by atoms with Gasteiger partial charge >= 0.3 is 28.4 Å². The monoisotopic (exact) mass is 1930 g/mol. The van der Waals surface area contributed by atoms with Crippen molar-refractivity contribution in [1.82, 2.24) is 59.8 Å². The summed E-state index contributed by atoms with van der Waals surface area (Å²) in [6.07, 6.45) is 30.8. The number of nitrogens with one attached hydrogen (secondary N) is 10. The predicted octanol–water partition coefficient (Wildman–Crippen LogP) is 14.9. The van der Waals surface area contributed by atoms with E-state index in [4.69, 9.17) is 56.6 Å². The van der Waals surface area contributed by atoms with Crippen LogP contribution in [-0.2, 0) is 32.7 Å². The number of aryl methyl sites for hydroxylation is 1. The molecular formula is C90H119Cl2FN32O12. The molecule has 0 amide bonds. The molecule has 0 spiro atoms. The number of pyridine rings is 2. The normalized spacial score (nSPS) is 19.3. The van der Waals surface area contributed by atoms with Crippen molar-refractivity contribution < 1.29 is 38.9 Å². The minimum Gasteiger partial charge on any atom is -0.508 e. The number of benzene rings is 3. The molecular weight excluding hydrogens is 1810 g/mol. The van der Waals surface area contributed by atoms with Gasteiger partial charge in [-0.05, 0) is 224 Å². The van der Waals surface area contributed by atoms with Gasteiger partial charge in [0.15, 0.2) is 0 Å². The number of nitrogens with two attached hydrogens (primary N) is 5. The quantitative estimate of drug-likeness (QED) is 0.00985. The Morgan fingerprint density at radius 3 is 1.04 bits per heavy atom. The van der Waals surface area contributed by atoms with Crippen LogP contribution in [0, 0.1) is 92.9 Å². The van der Waals surface area contributed by atoms with E-state index in [2.05, 4.69) is 113 Å². The molecule has 0 aliphatic heterocycles. The second kappa shape index (κ2) is 53.0. The fraction of sp³-hybridized carbons (Fsp3) is 0.467. The number of hydrogen-bond donors (Lipinski definition) is 16. The fourth-order valence-electron chi connectivity index (χ4n) is 16.1. The SMILES string of the molecule is COc1ccccc1CNc1ncc([N+](=O)[O-])c(NCC2CCC(N)CC2)n1.Cc1ccc(F)cc1CNc1ncc([N+](=O)[O-])c(NCC2CCC(N)CC2)n1.NC1CCC(CNc2nc(NCc3cccc(O)c3)ncc2[N+](=O)[O-])CC1.NC1CCC(CNc2nc(NCc3cccnc3Cl)ncc2[N+](=O)[O-])CC1.NC1CCC(CNc2nc(NCc3cnccc3Cl)ncc2[N+](=O)[O-])CC1. The molecule has 137 heavy (non-hydrogen) atoms. The summed E-state index contributed by atoms with van der Waals surface area (Å²) in [7, 11) is 1.61. The van der Waals surface area contributed by atoms with Crippen LogP contribution in [0.3, 0.4) is 0 Å². The number of phenolic OH excluding ortho intramolecular Hbond substituents is 1. The predicted molar refractivity (Wildman–Crippen MR) is 523 cm³/mol. The Hall–Kier alpha value is -13.7. The van der Waals surface area contributed by atoms with Crippen molar-refractivity contribution in [2.24, 2.45) is 58.3 Å². The number of phenols is 1. The molecule has 21 N–H and O–H groups in total. The molecule has 0 unspecified atom stereocenters. The van der Waals surface area contributed by atoms with Crippen LogP contribution in [0.1, 0.15) is 162 Å². The van der Waals surface area contributed by atoms with Gasteiger partial charge in [0.05, 0.1) is 31.7 Å². The summed E-state index contributed by atoms with van der Waals surface area (Å²) < 4.78 is 18.8. The van der Waals surface area contributed by atoms with Crippen molar-refractivity contribution in [2.75, 3.05) is 93.0 Å². The number of aromatic hydroxyl groups is 1. The Bertz CT molecular complexity index is 5470. The summed E-state index contributed by atoms with van der Waals surface area (Å²) in [6.45, 7) is 6.89. The van der Waals surface area contributed by atoms with Crippen molar-refractivity contribution in [1.29, 1.82) is 0 Å². The van der Waals surface area contributed by atoms with Gasteiger partial charge in [0, 0.05) is 136 Å². The summed E-state index contributed by atoms with van der Waals surface area (Å²) in [5.74, 6) is 5.27. The highest BCUT2D eigenvalue weighted by molar-refractivity contribution is 6.31. The summed E-state index contributed by atoms with van der Waals surface area (Å²) in [4.78, 5) is 104. The van der Waals surface area contributed by atoms with Crippen molar-refractivity contribution in [3.63, 3.8) is 0 Å². The van der Waals surface area contributed by atoms with E-state index >= 15 is 0 Å². The lowest BCUT2D eigenvalue weighted by molar-refractivity contribution is -0.384. The first-order valence-electron chi connectivity index (χ1n) is 45.6. The lowest BCUT2D eigenvalue weighted by Crippen LogP contribution is -2.29. The Morgan fingerprint density at radius 1 is 0.372 bits per heavy atom. The molecule has 0 bridgehead atoms. The number of para-hydroxylation sites is 1. The number of methoxy groups -OCH3 is 1. The standard InChI is InChI=1S/C19H25FN6O2.C19H26N6O3.C18H24N6O3.2C17H22ClN7O2/c1-12-2-5-15(20)8-14(12)10-23-19-24-11-17(26(27)28)18(25-19)22-9-13-3-6-16(21)7-4-13;1-28-17-5-3-2-4-14(17)11-22-19-23-12-16(25(26)27)18(24-19)21-10-13-6-8-15(20)9-7-13;19-14-6-4-12(5-7-14)9-20-17-16(24(26)27)11-22-18(23-17)21-10-13-2-1-3-15(25)8-13;18-14-5-6-20-8-12(14)9-22-17-23-10-15(25(26)27)16(24-17)21-7-11-1-3-13(19)4-2-11;18-15-12(2-1-7-20-15)9-22-17-23-10-14(25(26)27)16(24-17)21-8-11-3-5-13(19)6-4-11/h2,5,8,11,13,16H,3-4,6-7,9-10,21H2,1H3,(H2,22,23,24,25);2-5,12-13,15H,6-11,20H2,1H3,(H2,21,22,23,24);1-3,8,11-12,14,25H,4-7,9-10,19H2,(H2,20,21,22,23);5-6,8,10-11,13H,1-4,7,9,19H2,(H2,21,22,23,24);1-2,7,10-11,13H,3-6,8-9,19H2,(H2,21,22,23,24). The van der Waals surface area contributed by atoms with E-state index in [9.17, 15) is 60.1 Å². The number of nitro groups is 5. The Morgan fingerprint density at radius 2 is 0.701 bits per heavy atom. The van der Waals surface area contributed by atoms with Crippen LogP contribution in [0.15, 0.2) is 135 Å². The van der Waals surface area contributed by atoms with E-state index in [0.29, 0.717) is 111 Å². The maximum absolute atomic E-state index is 13.4. The van der Waals surface area contributed by atoms with Gasteiger partial charge in [0.1, 0.15) is 53.5 Å². The molecule has 5 aliphatic carbocycles. The average molecular weight is 1930 g/mol. The number of ether oxygens (including phenoxy) is 1. The zero-order valence-electron chi connectivity index (χ0n) is 76.2. The number of nitrogens with zero attached hydrogens (tertiary/aromatic N) is 17. The van der Waals surface area contributed by atoms with Gasteiger partial charge in [-0.2, -0.15) is 24.9 Å². The molecule has 7 aromatic heterocycles. The smallest absolute Gasteiger partial charge is 0.329 e. The summed E-state index contributed by atoms with van der Waals surface area (Å²) in [5.41, 5.74) is 34.0. The first-order chi connectivity index (χ1) is 66.0. The lowest BCUT2D eigenvalue weighted by atomic mass is 9.86. The maximum Gasteiger partial charge on any atom is 0.329 e. The Balaban J connectivity index is 0.000000164. The van der Waals surface area contributed by atoms with Crippen LogP contribution >= 0.6 is 23.2 Å². The van der Waals surface area contributed by atoms with Crippen LogP contribution in [-0.4, -0.2) is 160 Å². The van der Waals surface area contributed by atoms with E-state index in [1.54, 1.807) is 62.1 Å². The number of rotatable bonds is 36. The van der Waals surface area contributed by atoms with Crippen LogP contribution in [0.25, 0.3) is 0 Å². The van der Waals surface area contributed by atoms with Crippen LogP contribution < -0.4 is 86.6 Å². The molecule has 44 nitrogen and oxygen atoms in total. The molecule has 5 aliphatic rings. The van der Waals surface area contributed by atoms with Crippen molar-refractivity contribution >= 4 is 110 Å². The van der Waals surface area contributed by atoms with Gasteiger partial charge in [-0.15, -0.1) is 0 Å². The van der Waals surface area contributed by atoms with E-state index < -0.39 is 24.6 Å². The number of anilines is 10. The highest BCUT2D eigenvalue weighted by Crippen LogP contribution is 2.35. The Labute approximate surface area is 800 Å². The Kier molecular flexibility index (Phi) is 40.1. The van der Waals surface area contributed by atoms with Gasteiger partial charge in [-0.1, -0.05) is 65.7 Å². The molecule has 3 aromatic carbocycles. The van der Waals surface area contributed by atoms with Gasteiger partial charge in [0.25, 0.3) is 0 Å². The van der Waals surface area contributed by atoms with Gasteiger partial charge in [-0.3, -0.25) is 55.6 Å². The van der Waals surface area contributed by atoms with Crippen molar-refractivity contribution in [3.8, 4) is 11.5 Å². The van der Waals surface area contributed by atoms with E-state index in [-0.39, 0.29) is 123 Å². The minimum atomic E-state index is -0.500. The van der Waals surface area contributed by atoms with E-state index in [0.717, 1.165) is 168 Å². The van der Waals surface area contributed by atoms with Gasteiger partial charge in [0.2, 0.25) is 58.8 Å². The molecule has 5 saturated carbocycles. The average Bonchev–Trinajstić information content (AvgIpc) is 0.850. The number of hydrogen-bond acceptors (Lipinski definition) is 39. The molecule has 47 heteroatoms. The first kappa shape index (κ1) is 104. The number of aromatic nitrogens is 12. The van der Waals surface area contributed by atoms with Crippen LogP contribution in [0.4, 0.5) is 91.7 Å². The van der Waals surface area contributed by atoms with Crippen molar-refractivity contribution in [3.05, 3.63) is 234 Å². The minimum absolute atomic E-state index is 0.129.